The summed E-state index contributed by atoms with van der Waals surface area (Å²) in [5, 5.41) is 0. The van der Waals surface area contributed by atoms with E-state index in [0.29, 0.717) is 0 Å². The summed E-state index contributed by atoms with van der Waals surface area (Å²) in [5.41, 5.74) is 2.69. The molecule has 1 aromatic carbocycles. The molecule has 0 fully saturated rings. The molecular weight excluding hydrogens is 153 g/mol. The fraction of sp³-hybridized carbons (Fsp3) is 0.300. The summed E-state index contributed by atoms with van der Waals surface area (Å²) >= 11 is 0. The number of aliphatic imine (C=N–C) groups is 1. The first-order chi connectivity index (χ1) is 5.65. The second-order valence-corrected chi connectivity index (χ2v) is 2.75. The first-order valence-electron chi connectivity index (χ1n) is 3.90. The first kappa shape index (κ1) is 8.91. The van der Waals surface area contributed by atoms with Crippen LogP contribution in [0.3, 0.4) is 0 Å². The van der Waals surface area contributed by atoms with Crippen LogP contribution in [0, 0.1) is 19.7 Å². The Kier molecular flexibility index (Phi) is 2.58. The Labute approximate surface area is 72.0 Å². The van der Waals surface area contributed by atoms with Gasteiger partial charge in [-0.2, -0.15) is 0 Å². The number of aryl methyl sites for hydroxylation is 1. The van der Waals surface area contributed by atoms with Crippen LogP contribution in [-0.2, 0) is 0 Å². The van der Waals surface area contributed by atoms with Gasteiger partial charge in [0.25, 0.3) is 0 Å². The second-order valence-electron chi connectivity index (χ2n) is 2.75. The summed E-state index contributed by atoms with van der Waals surface area (Å²) in [6.07, 6.45) is 1.67. The van der Waals surface area contributed by atoms with E-state index in [1.165, 1.54) is 12.1 Å². The van der Waals surface area contributed by atoms with E-state index >= 15 is 0 Å². The predicted octanol–water partition coefficient (Wildman–Crippen LogP) is 3.16. The quantitative estimate of drug-likeness (QED) is 0.567. The highest BCUT2D eigenvalue weighted by atomic mass is 19.1. The SMILES string of the molecule is CC=Nc1cc(F)cc(C)c1C. The molecule has 0 spiro atoms. The number of halogens is 1. The van der Waals surface area contributed by atoms with E-state index in [1.54, 1.807) is 6.21 Å². The van der Waals surface area contributed by atoms with Crippen LogP contribution >= 0.6 is 0 Å². The average molecular weight is 165 g/mol. The lowest BCUT2D eigenvalue weighted by Gasteiger charge is -2.03. The Morgan fingerprint density at radius 3 is 2.58 bits per heavy atom. The number of hydrogen-bond acceptors (Lipinski definition) is 1. The highest BCUT2D eigenvalue weighted by Gasteiger charge is 2.01. The van der Waals surface area contributed by atoms with Crippen molar-refractivity contribution in [1.82, 2.24) is 0 Å². The lowest BCUT2D eigenvalue weighted by molar-refractivity contribution is 0.626. The van der Waals surface area contributed by atoms with Crippen LogP contribution in [0.5, 0.6) is 0 Å². The Hall–Kier alpha value is -1.18. The van der Waals surface area contributed by atoms with Gasteiger partial charge in [-0.1, -0.05) is 0 Å². The maximum absolute atomic E-state index is 12.9. The molecule has 0 aromatic heterocycles. The maximum Gasteiger partial charge on any atom is 0.125 e. The van der Waals surface area contributed by atoms with Gasteiger partial charge in [-0.15, -0.1) is 0 Å². The van der Waals surface area contributed by atoms with Crippen molar-refractivity contribution in [2.24, 2.45) is 4.99 Å². The zero-order chi connectivity index (χ0) is 9.14. The summed E-state index contributed by atoms with van der Waals surface area (Å²) in [5.74, 6) is -0.223. The van der Waals surface area contributed by atoms with Crippen LogP contribution in [0.4, 0.5) is 10.1 Å². The summed E-state index contributed by atoms with van der Waals surface area (Å²) < 4.78 is 12.9. The Morgan fingerprint density at radius 1 is 1.33 bits per heavy atom. The molecule has 0 atom stereocenters. The molecule has 12 heavy (non-hydrogen) atoms. The number of benzene rings is 1. The van der Waals surface area contributed by atoms with Crippen LogP contribution in [0.15, 0.2) is 17.1 Å². The molecule has 0 amide bonds. The lowest BCUT2D eigenvalue weighted by Crippen LogP contribution is -1.84. The molecule has 0 saturated heterocycles. The van der Waals surface area contributed by atoms with Crippen LogP contribution < -0.4 is 0 Å². The van der Waals surface area contributed by atoms with Crippen molar-refractivity contribution in [1.29, 1.82) is 0 Å². The van der Waals surface area contributed by atoms with Gasteiger partial charge < -0.3 is 0 Å². The molecule has 64 valence electrons. The minimum absolute atomic E-state index is 0.223. The van der Waals surface area contributed by atoms with E-state index in [2.05, 4.69) is 4.99 Å². The van der Waals surface area contributed by atoms with Gasteiger partial charge in [-0.25, -0.2) is 4.39 Å². The fourth-order valence-electron chi connectivity index (χ4n) is 1.07. The Balaban J connectivity index is 3.27. The van der Waals surface area contributed by atoms with Gasteiger partial charge in [0.15, 0.2) is 0 Å². The molecule has 0 bridgehead atoms. The molecule has 1 nitrogen and oxygen atoms in total. The number of nitrogens with zero attached hydrogens (tertiary/aromatic N) is 1. The summed E-state index contributed by atoms with van der Waals surface area (Å²) in [6, 6.07) is 2.96. The van der Waals surface area contributed by atoms with Crippen molar-refractivity contribution in [3.63, 3.8) is 0 Å². The highest BCUT2D eigenvalue weighted by Crippen LogP contribution is 2.22. The summed E-state index contributed by atoms with van der Waals surface area (Å²) in [7, 11) is 0. The van der Waals surface area contributed by atoms with Crippen molar-refractivity contribution in [2.45, 2.75) is 20.8 Å². The fourth-order valence-corrected chi connectivity index (χ4v) is 1.07. The minimum atomic E-state index is -0.223. The Morgan fingerprint density at radius 2 is 2.00 bits per heavy atom. The number of hydrogen-bond donors (Lipinski definition) is 0. The zero-order valence-electron chi connectivity index (χ0n) is 7.56. The van der Waals surface area contributed by atoms with Gasteiger partial charge in [0, 0.05) is 6.21 Å². The van der Waals surface area contributed by atoms with Gasteiger partial charge in [-0.05, 0) is 44.0 Å². The van der Waals surface area contributed by atoms with E-state index in [0.717, 1.165) is 16.8 Å². The van der Waals surface area contributed by atoms with Crippen molar-refractivity contribution in [3.8, 4) is 0 Å². The largest absolute Gasteiger partial charge is 0.261 e. The monoisotopic (exact) mass is 165 g/mol. The first-order valence-corrected chi connectivity index (χ1v) is 3.90. The van der Waals surface area contributed by atoms with Gasteiger partial charge in [-0.3, -0.25) is 4.99 Å². The topological polar surface area (TPSA) is 12.4 Å². The van der Waals surface area contributed by atoms with Crippen molar-refractivity contribution in [2.75, 3.05) is 0 Å². The highest BCUT2D eigenvalue weighted by molar-refractivity contribution is 5.63. The molecule has 0 N–H and O–H groups in total. The van der Waals surface area contributed by atoms with Gasteiger partial charge >= 0.3 is 0 Å². The second kappa shape index (κ2) is 3.48. The number of rotatable bonds is 1. The van der Waals surface area contributed by atoms with E-state index in [4.69, 9.17) is 0 Å². The molecule has 0 heterocycles. The average Bonchev–Trinajstić information content (AvgIpc) is 2.00. The van der Waals surface area contributed by atoms with Crippen molar-refractivity contribution >= 4 is 11.9 Å². The summed E-state index contributed by atoms with van der Waals surface area (Å²) in [6.45, 7) is 5.64. The summed E-state index contributed by atoms with van der Waals surface area (Å²) in [4.78, 5) is 4.06. The molecule has 0 saturated carbocycles. The maximum atomic E-state index is 12.9. The molecule has 1 aromatic rings. The van der Waals surface area contributed by atoms with Crippen LogP contribution in [0.2, 0.25) is 0 Å². The smallest absolute Gasteiger partial charge is 0.125 e. The third-order valence-corrected chi connectivity index (χ3v) is 1.87. The van der Waals surface area contributed by atoms with E-state index in [9.17, 15) is 4.39 Å². The van der Waals surface area contributed by atoms with E-state index < -0.39 is 0 Å². The molecular formula is C10H12FN. The third-order valence-electron chi connectivity index (χ3n) is 1.87. The molecule has 0 radical (unpaired) electrons. The zero-order valence-corrected chi connectivity index (χ0v) is 7.56. The van der Waals surface area contributed by atoms with Crippen molar-refractivity contribution in [3.05, 3.63) is 29.1 Å². The molecule has 0 unspecified atom stereocenters. The lowest BCUT2D eigenvalue weighted by atomic mass is 10.1. The molecule has 1 rings (SSSR count). The van der Waals surface area contributed by atoms with Crippen LogP contribution in [-0.4, -0.2) is 6.21 Å². The van der Waals surface area contributed by atoms with Crippen LogP contribution in [0.25, 0.3) is 0 Å². The Bertz CT molecular complexity index is 316. The minimum Gasteiger partial charge on any atom is -0.261 e. The molecule has 0 aliphatic carbocycles. The van der Waals surface area contributed by atoms with Gasteiger partial charge in [0.05, 0.1) is 5.69 Å². The van der Waals surface area contributed by atoms with Crippen LogP contribution in [0.1, 0.15) is 18.1 Å². The molecule has 2 heteroatoms. The standard InChI is InChI=1S/C10H12FN/c1-4-12-10-6-9(11)5-7(2)8(10)3/h4-6H,1-3H3. The third kappa shape index (κ3) is 1.70. The molecule has 0 aliphatic heterocycles. The normalized spacial score (nSPS) is 11.0. The predicted molar refractivity (Wildman–Crippen MR) is 49.7 cm³/mol. The molecule has 0 aliphatic rings. The van der Waals surface area contributed by atoms with Crippen molar-refractivity contribution < 1.29 is 4.39 Å². The van der Waals surface area contributed by atoms with E-state index in [1.807, 2.05) is 20.8 Å². The van der Waals surface area contributed by atoms with Gasteiger partial charge in [0.2, 0.25) is 0 Å². The van der Waals surface area contributed by atoms with E-state index in [-0.39, 0.29) is 5.82 Å². The van der Waals surface area contributed by atoms with Gasteiger partial charge in [0.1, 0.15) is 5.82 Å².